The summed E-state index contributed by atoms with van der Waals surface area (Å²) in [6.45, 7) is -1.54. The molecule has 162 valence electrons. The number of halogens is 5. The van der Waals surface area contributed by atoms with Gasteiger partial charge in [-0.2, -0.15) is 0 Å². The zero-order valence-electron chi connectivity index (χ0n) is 17.0. The SMILES string of the molecule is CC(c1c(F)c(F)c(F)c(F)c1F)=P(c1ccccc1)(c1ccccc1)c1ccccc1. The molecule has 6 heteroatoms. The number of benzene rings is 4. The topological polar surface area (TPSA) is 0 Å². The van der Waals surface area contributed by atoms with Crippen LogP contribution in [0, 0.1) is 29.1 Å². The van der Waals surface area contributed by atoms with Gasteiger partial charge in [-0.3, -0.25) is 0 Å². The van der Waals surface area contributed by atoms with Crippen LogP contribution in [0.1, 0.15) is 12.5 Å². The highest BCUT2D eigenvalue weighted by Crippen LogP contribution is 2.48. The van der Waals surface area contributed by atoms with E-state index in [1.54, 1.807) is 36.4 Å². The Morgan fingerprint density at radius 2 is 0.750 bits per heavy atom. The highest BCUT2D eigenvalue weighted by atomic mass is 31.2. The van der Waals surface area contributed by atoms with Crippen LogP contribution in [-0.4, -0.2) is 5.29 Å². The summed E-state index contributed by atoms with van der Waals surface area (Å²) in [7, 11) is 0. The Bertz CT molecular complexity index is 1180. The molecule has 4 aromatic rings. The van der Waals surface area contributed by atoms with Crippen molar-refractivity contribution in [2.24, 2.45) is 0 Å². The van der Waals surface area contributed by atoms with E-state index >= 15 is 8.78 Å². The van der Waals surface area contributed by atoms with Crippen molar-refractivity contribution >= 4 is 28.1 Å². The zero-order valence-corrected chi connectivity index (χ0v) is 17.9. The molecule has 0 N–H and O–H groups in total. The molecule has 0 nitrogen and oxygen atoms in total. The van der Waals surface area contributed by atoms with Crippen molar-refractivity contribution in [1.29, 1.82) is 0 Å². The van der Waals surface area contributed by atoms with Crippen LogP contribution in [-0.2, 0) is 0 Å². The van der Waals surface area contributed by atoms with E-state index in [4.69, 9.17) is 0 Å². The fourth-order valence-corrected chi connectivity index (χ4v) is 8.52. The van der Waals surface area contributed by atoms with Crippen molar-refractivity contribution in [1.82, 2.24) is 0 Å². The standard InChI is InChI=1S/C26H18F5P/c1-17(21-22(27)24(29)26(31)25(30)23(21)28)32(18-11-5-2-6-12-18,19-13-7-3-8-14-19)20-15-9-4-10-16-20/h2-16H,1H3. The molecule has 0 amide bonds. The van der Waals surface area contributed by atoms with Gasteiger partial charge < -0.3 is 0 Å². The van der Waals surface area contributed by atoms with Crippen molar-refractivity contribution in [3.05, 3.63) is 126 Å². The van der Waals surface area contributed by atoms with E-state index in [9.17, 15) is 13.2 Å². The van der Waals surface area contributed by atoms with Gasteiger partial charge in [-0.25, -0.2) is 22.0 Å². The molecular formula is C26H18F5P. The lowest BCUT2D eigenvalue weighted by Gasteiger charge is -2.32. The van der Waals surface area contributed by atoms with Gasteiger partial charge in [0.05, 0.1) is 5.56 Å². The molecule has 0 heterocycles. The van der Waals surface area contributed by atoms with Gasteiger partial charge in [-0.05, 0) is 35.0 Å². The molecule has 0 aliphatic carbocycles. The molecule has 4 rings (SSSR count). The Balaban J connectivity index is 2.31. The monoisotopic (exact) mass is 456 g/mol. The normalized spacial score (nSPS) is 11.4. The maximum absolute atomic E-state index is 15.0. The third kappa shape index (κ3) is 3.37. The summed E-state index contributed by atoms with van der Waals surface area (Å²) in [5.41, 5.74) is -0.883. The molecule has 0 aromatic heterocycles. The van der Waals surface area contributed by atoms with Gasteiger partial charge in [0.25, 0.3) is 0 Å². The number of hydrogen-bond donors (Lipinski definition) is 0. The van der Waals surface area contributed by atoms with E-state index < -0.39 is 41.5 Å². The first-order chi connectivity index (χ1) is 15.4. The molecule has 0 aliphatic heterocycles. The minimum Gasteiger partial charge on any atom is -0.203 e. The van der Waals surface area contributed by atoms with Crippen molar-refractivity contribution in [3.63, 3.8) is 0 Å². The summed E-state index contributed by atoms with van der Waals surface area (Å²) in [5, 5.41) is 2.30. The third-order valence-electron chi connectivity index (χ3n) is 5.51. The number of rotatable bonds is 4. The Hall–Kier alpha value is -3.17. The Labute approximate surface area is 183 Å². The van der Waals surface area contributed by atoms with Crippen LogP contribution in [0.2, 0.25) is 0 Å². The average Bonchev–Trinajstić information content (AvgIpc) is 2.84. The highest BCUT2D eigenvalue weighted by Gasteiger charge is 2.34. The second kappa shape index (κ2) is 8.76. The lowest BCUT2D eigenvalue weighted by Crippen LogP contribution is -2.31. The van der Waals surface area contributed by atoms with E-state index in [0.29, 0.717) is 0 Å². The van der Waals surface area contributed by atoms with Gasteiger partial charge in [-0.15, -0.1) is 0 Å². The van der Waals surface area contributed by atoms with Crippen LogP contribution in [0.25, 0.3) is 0 Å². The summed E-state index contributed by atoms with van der Waals surface area (Å²) >= 11 is 0. The number of hydrogen-bond acceptors (Lipinski definition) is 0. The van der Waals surface area contributed by atoms with Crippen LogP contribution in [0.4, 0.5) is 22.0 Å². The van der Waals surface area contributed by atoms with Gasteiger partial charge >= 0.3 is 0 Å². The highest BCUT2D eigenvalue weighted by molar-refractivity contribution is 7.95. The van der Waals surface area contributed by atoms with Crippen molar-refractivity contribution in [2.45, 2.75) is 6.92 Å². The van der Waals surface area contributed by atoms with E-state index in [1.165, 1.54) is 6.92 Å². The molecule has 0 radical (unpaired) electrons. The van der Waals surface area contributed by atoms with Crippen LogP contribution < -0.4 is 15.9 Å². The first-order valence-corrected chi connectivity index (χ1v) is 11.6. The van der Waals surface area contributed by atoms with Gasteiger partial charge in [0.1, 0.15) is 0 Å². The van der Waals surface area contributed by atoms with E-state index in [1.807, 2.05) is 54.6 Å². The Morgan fingerprint density at radius 3 is 1.06 bits per heavy atom. The molecule has 0 aliphatic rings. The van der Waals surface area contributed by atoms with Gasteiger partial charge in [0.2, 0.25) is 5.82 Å². The molecule has 0 saturated heterocycles. The van der Waals surface area contributed by atoms with Crippen molar-refractivity contribution in [3.8, 4) is 0 Å². The summed E-state index contributed by atoms with van der Waals surface area (Å²) in [6.07, 6.45) is 0. The first kappa shape index (κ1) is 22.0. The maximum atomic E-state index is 15.0. The lowest BCUT2D eigenvalue weighted by molar-refractivity contribution is 0.377. The summed E-state index contributed by atoms with van der Waals surface area (Å²) in [6, 6.07) is 27.1. The zero-order chi connectivity index (χ0) is 22.9. The fourth-order valence-electron chi connectivity index (χ4n) is 4.07. The second-order valence-corrected chi connectivity index (χ2v) is 10.8. The molecule has 0 bridgehead atoms. The average molecular weight is 456 g/mol. The van der Waals surface area contributed by atoms with Crippen LogP contribution in [0.3, 0.4) is 0 Å². The van der Waals surface area contributed by atoms with Gasteiger partial charge in [0, 0.05) is 0 Å². The molecule has 0 atom stereocenters. The minimum atomic E-state index is -2.99. The minimum absolute atomic E-state index is 0.0916. The van der Waals surface area contributed by atoms with E-state index in [0.717, 1.165) is 15.9 Å². The third-order valence-corrected chi connectivity index (χ3v) is 9.95. The Kier molecular flexibility index (Phi) is 6.03. The molecule has 0 saturated carbocycles. The van der Waals surface area contributed by atoms with Crippen molar-refractivity contribution < 1.29 is 22.0 Å². The van der Waals surface area contributed by atoms with E-state index in [2.05, 4.69) is 0 Å². The predicted molar refractivity (Wildman–Crippen MR) is 121 cm³/mol. The van der Waals surface area contributed by atoms with Crippen LogP contribution in [0.5, 0.6) is 0 Å². The summed E-state index contributed by atoms with van der Waals surface area (Å²) in [5.74, 6) is -9.73. The first-order valence-electron chi connectivity index (χ1n) is 9.82. The van der Waals surface area contributed by atoms with Crippen LogP contribution >= 0.6 is 6.89 Å². The molecule has 0 spiro atoms. The van der Waals surface area contributed by atoms with Gasteiger partial charge in [0.15, 0.2) is 23.3 Å². The Morgan fingerprint density at radius 1 is 0.469 bits per heavy atom. The summed E-state index contributed by atoms with van der Waals surface area (Å²) in [4.78, 5) is 0. The van der Waals surface area contributed by atoms with E-state index in [-0.39, 0.29) is 5.29 Å². The summed E-state index contributed by atoms with van der Waals surface area (Å²) < 4.78 is 72.2. The smallest absolute Gasteiger partial charge is 0.200 e. The van der Waals surface area contributed by atoms with Gasteiger partial charge in [-0.1, -0.05) is 91.0 Å². The second-order valence-electron chi connectivity index (χ2n) is 7.21. The van der Waals surface area contributed by atoms with Crippen molar-refractivity contribution in [2.75, 3.05) is 0 Å². The fraction of sp³-hybridized carbons (Fsp3) is 0.0385. The molecule has 0 fully saturated rings. The quantitative estimate of drug-likeness (QED) is 0.155. The van der Waals surface area contributed by atoms with Crippen LogP contribution in [0.15, 0.2) is 91.0 Å². The maximum Gasteiger partial charge on any atom is 0.200 e. The largest absolute Gasteiger partial charge is 0.203 e. The lowest BCUT2D eigenvalue weighted by atomic mass is 10.1. The predicted octanol–water partition coefficient (Wildman–Crippen LogP) is 5.92. The molecule has 4 aromatic carbocycles. The molecule has 0 unspecified atom stereocenters. The molecule has 32 heavy (non-hydrogen) atoms. The molecular weight excluding hydrogens is 438 g/mol.